The minimum absolute atomic E-state index is 0.0363. The average molecular weight is 655 g/mol. The highest BCUT2D eigenvalue weighted by molar-refractivity contribution is 9.10. The molecular formula is C28H30BrCl2N3O4S. The molecule has 0 spiro atoms. The molecule has 3 aromatic carbocycles. The first-order valence-corrected chi connectivity index (χ1v) is 15.6. The second-order valence-electron chi connectivity index (χ2n) is 9.35. The van der Waals surface area contributed by atoms with Gasteiger partial charge >= 0.3 is 0 Å². The predicted molar refractivity (Wildman–Crippen MR) is 161 cm³/mol. The van der Waals surface area contributed by atoms with Gasteiger partial charge in [0.25, 0.3) is 0 Å². The lowest BCUT2D eigenvalue weighted by molar-refractivity contribution is -0.140. The molecule has 0 aliphatic carbocycles. The van der Waals surface area contributed by atoms with E-state index in [1.807, 2.05) is 44.2 Å². The first kappa shape index (κ1) is 30.9. The molecule has 3 rings (SSSR count). The Hall–Kier alpha value is -2.59. The summed E-state index contributed by atoms with van der Waals surface area (Å²) < 4.78 is 27.2. The number of amides is 2. The molecule has 0 aliphatic rings. The van der Waals surface area contributed by atoms with Crippen LogP contribution < -0.4 is 9.62 Å². The van der Waals surface area contributed by atoms with E-state index < -0.39 is 28.5 Å². The third-order valence-corrected chi connectivity index (χ3v) is 8.24. The maximum Gasteiger partial charge on any atom is 0.244 e. The molecule has 0 fully saturated rings. The quantitative estimate of drug-likeness (QED) is 0.288. The molecule has 0 radical (unpaired) electrons. The van der Waals surface area contributed by atoms with Crippen molar-refractivity contribution in [3.05, 3.63) is 98.4 Å². The molecule has 39 heavy (non-hydrogen) atoms. The largest absolute Gasteiger partial charge is 0.352 e. The van der Waals surface area contributed by atoms with Crippen molar-refractivity contribution >= 4 is 66.7 Å². The van der Waals surface area contributed by atoms with Crippen LogP contribution in [0.1, 0.15) is 25.0 Å². The van der Waals surface area contributed by atoms with Crippen LogP contribution in [0.3, 0.4) is 0 Å². The number of sulfonamides is 1. The van der Waals surface area contributed by atoms with E-state index >= 15 is 0 Å². The van der Waals surface area contributed by atoms with Crippen molar-refractivity contribution in [2.75, 3.05) is 17.1 Å². The Morgan fingerprint density at radius 2 is 1.62 bits per heavy atom. The number of anilines is 1. The lowest BCUT2D eigenvalue weighted by Crippen LogP contribution is -2.54. The first-order valence-electron chi connectivity index (χ1n) is 12.2. The maximum atomic E-state index is 14.0. The molecule has 1 N–H and O–H groups in total. The molecule has 7 nitrogen and oxygen atoms in total. The highest BCUT2D eigenvalue weighted by Gasteiger charge is 2.34. The molecule has 0 unspecified atom stereocenters. The Balaban J connectivity index is 2.09. The van der Waals surface area contributed by atoms with Crippen LogP contribution in [-0.2, 0) is 32.6 Å². The Bertz CT molecular complexity index is 1420. The smallest absolute Gasteiger partial charge is 0.244 e. The van der Waals surface area contributed by atoms with Gasteiger partial charge in [-0.05, 0) is 65.2 Å². The number of carbonyl (C=O) groups is 2. The van der Waals surface area contributed by atoms with E-state index in [-0.39, 0.29) is 24.9 Å². The third kappa shape index (κ3) is 8.70. The Morgan fingerprint density at radius 1 is 0.974 bits per heavy atom. The second-order valence-corrected chi connectivity index (χ2v) is 13.0. The molecule has 11 heteroatoms. The lowest BCUT2D eigenvalue weighted by atomic mass is 10.0. The van der Waals surface area contributed by atoms with E-state index in [1.165, 1.54) is 4.90 Å². The summed E-state index contributed by atoms with van der Waals surface area (Å²) in [6.45, 7) is 3.11. The van der Waals surface area contributed by atoms with Crippen LogP contribution in [0.5, 0.6) is 0 Å². The van der Waals surface area contributed by atoms with Crippen molar-refractivity contribution in [1.29, 1.82) is 0 Å². The molecule has 2 amide bonds. The first-order chi connectivity index (χ1) is 18.4. The number of carbonyl (C=O) groups excluding carboxylic acids is 2. The van der Waals surface area contributed by atoms with Gasteiger partial charge in [-0.2, -0.15) is 0 Å². The van der Waals surface area contributed by atoms with E-state index in [4.69, 9.17) is 23.2 Å². The molecule has 0 aromatic heterocycles. The molecule has 0 saturated heterocycles. The van der Waals surface area contributed by atoms with Gasteiger partial charge in [-0.1, -0.05) is 71.7 Å². The fraction of sp³-hybridized carbons (Fsp3) is 0.286. The van der Waals surface area contributed by atoms with Crippen LogP contribution in [0.15, 0.2) is 77.3 Å². The average Bonchev–Trinajstić information content (AvgIpc) is 2.85. The molecular weight excluding hydrogens is 625 g/mol. The van der Waals surface area contributed by atoms with Gasteiger partial charge in [0.2, 0.25) is 21.8 Å². The van der Waals surface area contributed by atoms with Crippen molar-refractivity contribution in [2.45, 2.75) is 38.9 Å². The fourth-order valence-electron chi connectivity index (χ4n) is 4.02. The number of para-hydroxylation sites is 1. The van der Waals surface area contributed by atoms with Gasteiger partial charge in [0.15, 0.2) is 0 Å². The summed E-state index contributed by atoms with van der Waals surface area (Å²) >= 11 is 15.9. The van der Waals surface area contributed by atoms with Gasteiger partial charge < -0.3 is 10.2 Å². The number of hydrogen-bond donors (Lipinski definition) is 1. The number of rotatable bonds is 11. The van der Waals surface area contributed by atoms with Crippen LogP contribution in [0.25, 0.3) is 0 Å². The topological polar surface area (TPSA) is 86.8 Å². The van der Waals surface area contributed by atoms with Crippen LogP contribution in [-0.4, -0.2) is 50.0 Å². The summed E-state index contributed by atoms with van der Waals surface area (Å²) in [7, 11) is -3.87. The van der Waals surface area contributed by atoms with Crippen molar-refractivity contribution in [2.24, 2.45) is 0 Å². The Kier molecular flexibility index (Phi) is 10.8. The molecule has 3 aromatic rings. The zero-order valence-electron chi connectivity index (χ0n) is 21.8. The van der Waals surface area contributed by atoms with E-state index in [9.17, 15) is 18.0 Å². The summed E-state index contributed by atoms with van der Waals surface area (Å²) in [5.74, 6) is -0.930. The monoisotopic (exact) mass is 653 g/mol. The fourth-order valence-corrected chi connectivity index (χ4v) is 5.96. The van der Waals surface area contributed by atoms with Gasteiger partial charge in [-0.3, -0.25) is 13.9 Å². The van der Waals surface area contributed by atoms with Gasteiger partial charge in [-0.25, -0.2) is 8.42 Å². The number of nitrogens with one attached hydrogen (secondary N) is 1. The molecule has 0 saturated carbocycles. The van der Waals surface area contributed by atoms with Crippen LogP contribution in [0.4, 0.5) is 5.69 Å². The van der Waals surface area contributed by atoms with Crippen LogP contribution in [0, 0.1) is 0 Å². The zero-order valence-corrected chi connectivity index (χ0v) is 25.7. The van der Waals surface area contributed by atoms with Crippen molar-refractivity contribution in [1.82, 2.24) is 10.2 Å². The Morgan fingerprint density at radius 3 is 2.21 bits per heavy atom. The molecule has 0 bridgehead atoms. The van der Waals surface area contributed by atoms with Crippen molar-refractivity contribution < 1.29 is 18.0 Å². The molecule has 208 valence electrons. The molecule has 1 atom stereocenters. The lowest BCUT2D eigenvalue weighted by Gasteiger charge is -2.34. The maximum absolute atomic E-state index is 14.0. The van der Waals surface area contributed by atoms with Gasteiger partial charge in [0.1, 0.15) is 12.6 Å². The third-order valence-electron chi connectivity index (χ3n) is 5.86. The summed E-state index contributed by atoms with van der Waals surface area (Å²) in [5, 5.41) is 3.66. The van der Waals surface area contributed by atoms with E-state index in [0.717, 1.165) is 16.1 Å². The van der Waals surface area contributed by atoms with Crippen molar-refractivity contribution in [3.8, 4) is 0 Å². The van der Waals surface area contributed by atoms with Gasteiger partial charge in [0.05, 0.1) is 11.9 Å². The van der Waals surface area contributed by atoms with Crippen LogP contribution in [0.2, 0.25) is 10.0 Å². The van der Waals surface area contributed by atoms with E-state index in [0.29, 0.717) is 25.8 Å². The zero-order chi connectivity index (χ0) is 28.7. The summed E-state index contributed by atoms with van der Waals surface area (Å²) in [5.41, 5.74) is 1.72. The molecule has 0 heterocycles. The number of halogens is 3. The number of hydrogen-bond acceptors (Lipinski definition) is 4. The summed E-state index contributed by atoms with van der Waals surface area (Å²) in [4.78, 5) is 29.0. The SMILES string of the molecule is CC(C)NC(=O)[C@@H](Cc1ccccc1)N(Cc1ccc(Cl)cc1Cl)C(=O)CN(c1ccccc1Br)S(C)(=O)=O. The number of benzene rings is 3. The molecule has 0 aliphatic heterocycles. The van der Waals surface area contributed by atoms with Gasteiger partial charge in [-0.15, -0.1) is 0 Å². The minimum atomic E-state index is -3.87. The highest BCUT2D eigenvalue weighted by Crippen LogP contribution is 2.29. The van der Waals surface area contributed by atoms with E-state index in [1.54, 1.807) is 42.5 Å². The van der Waals surface area contributed by atoms with E-state index in [2.05, 4.69) is 21.2 Å². The summed E-state index contributed by atoms with van der Waals surface area (Å²) in [6.07, 6.45) is 1.25. The van der Waals surface area contributed by atoms with Crippen LogP contribution >= 0.6 is 39.1 Å². The Labute approximate surface area is 248 Å². The number of nitrogens with zero attached hydrogens (tertiary/aromatic N) is 2. The summed E-state index contributed by atoms with van der Waals surface area (Å²) in [6, 6.07) is 19.8. The van der Waals surface area contributed by atoms with Crippen molar-refractivity contribution in [3.63, 3.8) is 0 Å². The second kappa shape index (κ2) is 13.7. The predicted octanol–water partition coefficient (Wildman–Crippen LogP) is 5.69. The minimum Gasteiger partial charge on any atom is -0.352 e. The normalized spacial score (nSPS) is 12.2. The van der Waals surface area contributed by atoms with Gasteiger partial charge in [0, 0.05) is 33.5 Å². The standard InChI is InChI=1S/C28H30BrCl2N3O4S/c1-19(2)32-28(36)26(15-20-9-5-4-6-10-20)33(17-21-13-14-22(30)16-24(21)31)27(35)18-34(39(3,37)38)25-12-8-7-11-23(25)29/h4-14,16,19,26H,15,17-18H2,1-3H3,(H,32,36)/t26-/m1/s1. The highest BCUT2D eigenvalue weighted by atomic mass is 79.9.